The lowest BCUT2D eigenvalue weighted by atomic mass is 9.85. The van der Waals surface area contributed by atoms with Crippen LogP contribution >= 0.6 is 0 Å². The van der Waals surface area contributed by atoms with Gasteiger partial charge >= 0.3 is 6.16 Å². The average Bonchev–Trinajstić information content (AvgIpc) is 2.46. The van der Waals surface area contributed by atoms with Crippen molar-refractivity contribution < 1.29 is 14.6 Å². The van der Waals surface area contributed by atoms with Gasteiger partial charge in [-0.25, -0.2) is 4.79 Å². The highest BCUT2D eigenvalue weighted by molar-refractivity contribution is 5.62. The predicted octanol–water partition coefficient (Wildman–Crippen LogP) is 4.98. The van der Waals surface area contributed by atoms with Crippen LogP contribution in [0.5, 0.6) is 5.75 Å². The lowest BCUT2D eigenvalue weighted by molar-refractivity contribution is 0.144. The van der Waals surface area contributed by atoms with Crippen molar-refractivity contribution in [3.05, 3.63) is 65.2 Å². The average molecular weight is 284 g/mol. The summed E-state index contributed by atoms with van der Waals surface area (Å²) in [7, 11) is 0. The van der Waals surface area contributed by atoms with Crippen LogP contribution in [0.25, 0.3) is 0 Å². The number of hydrogen-bond acceptors (Lipinski definition) is 2. The van der Waals surface area contributed by atoms with Gasteiger partial charge in [-0.3, -0.25) is 0 Å². The van der Waals surface area contributed by atoms with Crippen molar-refractivity contribution >= 4 is 6.16 Å². The van der Waals surface area contributed by atoms with Crippen LogP contribution in [-0.4, -0.2) is 11.3 Å². The van der Waals surface area contributed by atoms with Crippen molar-refractivity contribution in [2.24, 2.45) is 0 Å². The van der Waals surface area contributed by atoms with Gasteiger partial charge in [0.1, 0.15) is 5.75 Å². The van der Waals surface area contributed by atoms with Crippen LogP contribution in [0.2, 0.25) is 0 Å². The van der Waals surface area contributed by atoms with Gasteiger partial charge in [0.15, 0.2) is 0 Å². The molecule has 0 fully saturated rings. The van der Waals surface area contributed by atoms with Gasteiger partial charge in [-0.05, 0) is 30.5 Å². The molecule has 2 aromatic carbocycles. The Balaban J connectivity index is 2.48. The minimum atomic E-state index is -1.28. The van der Waals surface area contributed by atoms with E-state index in [9.17, 15) is 4.79 Å². The highest BCUT2D eigenvalue weighted by atomic mass is 16.7. The molecule has 0 saturated heterocycles. The summed E-state index contributed by atoms with van der Waals surface area (Å²) in [6.45, 7) is 4.21. The molecule has 3 nitrogen and oxygen atoms in total. The van der Waals surface area contributed by atoms with E-state index in [0.29, 0.717) is 5.75 Å². The van der Waals surface area contributed by atoms with E-state index < -0.39 is 6.16 Å². The number of carbonyl (C=O) groups is 1. The molecule has 0 aromatic heterocycles. The minimum absolute atomic E-state index is 0.145. The van der Waals surface area contributed by atoms with Crippen molar-refractivity contribution in [1.29, 1.82) is 0 Å². The van der Waals surface area contributed by atoms with E-state index in [4.69, 9.17) is 9.84 Å². The quantitative estimate of drug-likeness (QED) is 0.622. The Labute approximate surface area is 125 Å². The van der Waals surface area contributed by atoms with Crippen LogP contribution in [0.3, 0.4) is 0 Å². The van der Waals surface area contributed by atoms with E-state index in [0.717, 1.165) is 18.4 Å². The summed E-state index contributed by atoms with van der Waals surface area (Å²) >= 11 is 0. The number of benzene rings is 2. The summed E-state index contributed by atoms with van der Waals surface area (Å²) in [5, 5.41) is 8.91. The monoisotopic (exact) mass is 284 g/mol. The highest BCUT2D eigenvalue weighted by Gasteiger charge is 2.20. The molecule has 0 heterocycles. The standard InChI is InChI=1S/C18H20O3/c1-3-8-15(14-10-5-4-9-13(14)2)16-11-6-7-12-17(16)21-18(19)20/h4-7,9-12,15H,3,8H2,1-2H3,(H,19,20). The summed E-state index contributed by atoms with van der Waals surface area (Å²) in [5.41, 5.74) is 3.36. The van der Waals surface area contributed by atoms with Gasteiger partial charge in [-0.1, -0.05) is 55.8 Å². The molecule has 0 amide bonds. The molecule has 0 spiro atoms. The zero-order chi connectivity index (χ0) is 15.2. The van der Waals surface area contributed by atoms with Gasteiger partial charge in [0.25, 0.3) is 0 Å². The number of rotatable bonds is 5. The largest absolute Gasteiger partial charge is 0.511 e. The molecular weight excluding hydrogens is 264 g/mol. The zero-order valence-corrected chi connectivity index (χ0v) is 12.4. The Kier molecular flexibility index (Phi) is 4.99. The van der Waals surface area contributed by atoms with Crippen LogP contribution in [0, 0.1) is 6.92 Å². The fourth-order valence-corrected chi connectivity index (χ4v) is 2.70. The first-order valence-corrected chi connectivity index (χ1v) is 7.18. The molecule has 2 rings (SSSR count). The van der Waals surface area contributed by atoms with Gasteiger partial charge in [-0.15, -0.1) is 0 Å². The molecule has 21 heavy (non-hydrogen) atoms. The van der Waals surface area contributed by atoms with Crippen molar-refractivity contribution in [1.82, 2.24) is 0 Å². The molecule has 1 atom stereocenters. The van der Waals surface area contributed by atoms with Crippen molar-refractivity contribution in [2.75, 3.05) is 0 Å². The molecule has 0 aliphatic rings. The topological polar surface area (TPSA) is 46.5 Å². The number of hydrogen-bond donors (Lipinski definition) is 1. The van der Waals surface area contributed by atoms with Crippen LogP contribution in [0.1, 0.15) is 42.4 Å². The molecule has 1 N–H and O–H groups in total. The summed E-state index contributed by atoms with van der Waals surface area (Å²) in [5.74, 6) is 0.568. The maximum Gasteiger partial charge on any atom is 0.511 e. The normalized spacial score (nSPS) is 11.9. The second kappa shape index (κ2) is 6.93. The van der Waals surface area contributed by atoms with Gasteiger partial charge in [0.2, 0.25) is 0 Å². The Morgan fingerprint density at radius 1 is 1.10 bits per heavy atom. The number of aryl methyl sites for hydroxylation is 1. The molecule has 2 aromatic rings. The fraction of sp³-hybridized carbons (Fsp3) is 0.278. The smallest absolute Gasteiger partial charge is 0.449 e. The Bertz CT molecular complexity index is 619. The SMILES string of the molecule is CCCC(c1ccccc1C)c1ccccc1OC(=O)O. The van der Waals surface area contributed by atoms with Crippen LogP contribution in [-0.2, 0) is 0 Å². The van der Waals surface area contributed by atoms with E-state index in [1.165, 1.54) is 11.1 Å². The van der Waals surface area contributed by atoms with E-state index in [2.05, 4.69) is 26.0 Å². The first-order chi connectivity index (χ1) is 10.1. The first-order valence-electron chi connectivity index (χ1n) is 7.18. The van der Waals surface area contributed by atoms with E-state index in [-0.39, 0.29) is 5.92 Å². The number of carboxylic acid groups (broad SMARTS) is 1. The number of para-hydroxylation sites is 1. The third kappa shape index (κ3) is 3.63. The second-order valence-electron chi connectivity index (χ2n) is 5.10. The lowest BCUT2D eigenvalue weighted by Crippen LogP contribution is -2.09. The van der Waals surface area contributed by atoms with E-state index in [1.54, 1.807) is 12.1 Å². The van der Waals surface area contributed by atoms with Gasteiger partial charge in [-0.2, -0.15) is 0 Å². The molecule has 110 valence electrons. The summed E-state index contributed by atoms with van der Waals surface area (Å²) in [4.78, 5) is 10.9. The van der Waals surface area contributed by atoms with Crippen LogP contribution < -0.4 is 4.74 Å². The van der Waals surface area contributed by atoms with Crippen LogP contribution in [0.15, 0.2) is 48.5 Å². The summed E-state index contributed by atoms with van der Waals surface area (Å²) < 4.78 is 4.95. The van der Waals surface area contributed by atoms with Gasteiger partial charge < -0.3 is 9.84 Å². The molecule has 0 aliphatic heterocycles. The lowest BCUT2D eigenvalue weighted by Gasteiger charge is -2.21. The molecule has 0 radical (unpaired) electrons. The molecule has 0 saturated carbocycles. The first kappa shape index (κ1) is 15.1. The fourth-order valence-electron chi connectivity index (χ4n) is 2.70. The molecule has 0 aliphatic carbocycles. The summed E-state index contributed by atoms with van der Waals surface area (Å²) in [6, 6.07) is 15.6. The molecule has 3 heteroatoms. The Morgan fingerprint density at radius 3 is 2.33 bits per heavy atom. The molecule has 1 unspecified atom stereocenters. The number of ether oxygens (including phenoxy) is 1. The van der Waals surface area contributed by atoms with E-state index >= 15 is 0 Å². The maximum absolute atomic E-state index is 10.9. The van der Waals surface area contributed by atoms with E-state index in [1.807, 2.05) is 24.3 Å². The second-order valence-corrected chi connectivity index (χ2v) is 5.10. The third-order valence-corrected chi connectivity index (χ3v) is 3.63. The summed E-state index contributed by atoms with van der Waals surface area (Å²) in [6.07, 6.45) is 0.688. The molecular formula is C18H20O3. The van der Waals surface area contributed by atoms with Crippen molar-refractivity contribution in [2.45, 2.75) is 32.6 Å². The highest BCUT2D eigenvalue weighted by Crippen LogP contribution is 2.36. The van der Waals surface area contributed by atoms with Gasteiger partial charge in [0, 0.05) is 11.5 Å². The van der Waals surface area contributed by atoms with Gasteiger partial charge in [0.05, 0.1) is 0 Å². The predicted molar refractivity (Wildman–Crippen MR) is 83.0 cm³/mol. The minimum Gasteiger partial charge on any atom is -0.449 e. The van der Waals surface area contributed by atoms with Crippen molar-refractivity contribution in [3.8, 4) is 5.75 Å². The maximum atomic E-state index is 10.9. The van der Waals surface area contributed by atoms with Crippen LogP contribution in [0.4, 0.5) is 4.79 Å². The Hall–Kier alpha value is -2.29. The Morgan fingerprint density at radius 2 is 1.71 bits per heavy atom. The van der Waals surface area contributed by atoms with Crippen molar-refractivity contribution in [3.63, 3.8) is 0 Å². The molecule has 0 bridgehead atoms. The third-order valence-electron chi connectivity index (χ3n) is 3.63. The zero-order valence-electron chi connectivity index (χ0n) is 12.4.